The number of nitrogens with one attached hydrogen (secondary N) is 1. The van der Waals surface area contributed by atoms with Crippen molar-refractivity contribution in [2.75, 3.05) is 11.5 Å². The first kappa shape index (κ1) is 9.89. The van der Waals surface area contributed by atoms with Crippen molar-refractivity contribution in [2.45, 2.75) is 39.2 Å². The van der Waals surface area contributed by atoms with Crippen LogP contribution in [0.2, 0.25) is 0 Å². The Kier molecular flexibility index (Phi) is 3.61. The van der Waals surface area contributed by atoms with E-state index in [1.165, 1.54) is 19.3 Å². The van der Waals surface area contributed by atoms with E-state index in [0.717, 1.165) is 13.0 Å². The van der Waals surface area contributed by atoms with Crippen LogP contribution in [-0.2, 0) is 6.54 Å². The Bertz CT molecular complexity index is 254. The quantitative estimate of drug-likeness (QED) is 0.471. The Balaban J connectivity index is 2.32. The summed E-state index contributed by atoms with van der Waals surface area (Å²) in [6, 6.07) is 0. The van der Waals surface area contributed by atoms with Gasteiger partial charge in [0, 0.05) is 0 Å². The number of nitrogens with two attached hydrogens (primary N) is 2. The average Bonchev–Trinajstić information content (AvgIpc) is 2.43. The fourth-order valence-electron chi connectivity index (χ4n) is 1.33. The molecule has 1 aromatic heterocycles. The van der Waals surface area contributed by atoms with Crippen molar-refractivity contribution in [3.8, 4) is 0 Å². The number of hydrogen-bond donors (Lipinski definition) is 3. The third-order valence-electron chi connectivity index (χ3n) is 2.20. The van der Waals surface area contributed by atoms with Gasteiger partial charge in [0.25, 0.3) is 0 Å². The van der Waals surface area contributed by atoms with Crippen LogP contribution < -0.4 is 16.1 Å². The molecule has 0 aromatic carbocycles. The highest BCUT2D eigenvalue weighted by Gasteiger charge is 2.09. The van der Waals surface area contributed by atoms with Crippen LogP contribution >= 0.6 is 0 Å². The molecule has 0 aliphatic rings. The van der Waals surface area contributed by atoms with E-state index in [2.05, 4.69) is 12.0 Å². The lowest BCUT2D eigenvalue weighted by Gasteiger charge is -1.97. The highest BCUT2D eigenvalue weighted by Crippen LogP contribution is 2.06. The number of unbranched alkanes of at least 4 members (excludes halogenated alkanes) is 3. The summed E-state index contributed by atoms with van der Waals surface area (Å²) in [4.78, 5) is 0. The minimum absolute atomic E-state index is 0.635. The molecule has 4 heteroatoms. The van der Waals surface area contributed by atoms with Crippen molar-refractivity contribution in [2.24, 2.45) is 0 Å². The van der Waals surface area contributed by atoms with E-state index in [9.17, 15) is 0 Å². The lowest BCUT2D eigenvalue weighted by Crippen LogP contribution is -2.38. The Morgan fingerprint density at radius 2 is 2.08 bits per heavy atom. The summed E-state index contributed by atoms with van der Waals surface area (Å²) in [5.74, 6) is 0.650. The third-order valence-corrected chi connectivity index (χ3v) is 2.20. The van der Waals surface area contributed by atoms with Gasteiger partial charge < -0.3 is 5.73 Å². The molecule has 1 aromatic rings. The minimum Gasteiger partial charge on any atom is -0.391 e. The number of rotatable bonds is 5. The summed E-state index contributed by atoms with van der Waals surface area (Å²) < 4.78 is 1.89. The molecule has 0 atom stereocenters. The molecule has 0 radical (unpaired) electrons. The molecule has 0 saturated carbocycles. The minimum atomic E-state index is 0.635. The van der Waals surface area contributed by atoms with Crippen molar-refractivity contribution >= 4 is 11.5 Å². The Labute approximate surface area is 78.9 Å². The second kappa shape index (κ2) is 4.74. The van der Waals surface area contributed by atoms with Gasteiger partial charge in [0.1, 0.15) is 12.2 Å². The van der Waals surface area contributed by atoms with Crippen LogP contribution in [0.15, 0.2) is 6.20 Å². The fourth-order valence-corrected chi connectivity index (χ4v) is 1.33. The molecule has 0 fully saturated rings. The molecule has 0 bridgehead atoms. The van der Waals surface area contributed by atoms with Crippen molar-refractivity contribution in [3.63, 3.8) is 0 Å². The average molecular weight is 183 g/mol. The Morgan fingerprint density at radius 3 is 2.62 bits per heavy atom. The van der Waals surface area contributed by atoms with Gasteiger partial charge in [-0.15, -0.1) is 0 Å². The molecular weight excluding hydrogens is 164 g/mol. The molecule has 0 aliphatic carbocycles. The largest absolute Gasteiger partial charge is 0.391 e. The maximum atomic E-state index is 5.72. The number of hydrogen-bond acceptors (Lipinski definition) is 2. The molecule has 74 valence electrons. The molecule has 0 spiro atoms. The summed E-state index contributed by atoms with van der Waals surface area (Å²) >= 11 is 0. The van der Waals surface area contributed by atoms with Gasteiger partial charge in [-0.1, -0.05) is 19.8 Å². The lowest BCUT2D eigenvalue weighted by atomic mass is 10.2. The number of H-pyrrole nitrogens is 1. The van der Waals surface area contributed by atoms with Gasteiger partial charge >= 0.3 is 5.82 Å². The van der Waals surface area contributed by atoms with Crippen LogP contribution in [0.1, 0.15) is 32.6 Å². The SMILES string of the molecule is CCCCCC[n+]1[nH]cc(N)c1N. The van der Waals surface area contributed by atoms with Crippen LogP contribution in [-0.4, -0.2) is 5.10 Å². The standard InChI is InChI=1S/C9H18N4/c1-2-3-4-5-6-13-9(11)8(10)7-12-13/h7H,2-6,10H2,1H3,(H2,11,12)/p+1. The number of nitrogen functional groups attached to an aromatic ring is 2. The van der Waals surface area contributed by atoms with E-state index in [0.29, 0.717) is 11.5 Å². The highest BCUT2D eigenvalue weighted by molar-refractivity contribution is 5.52. The number of anilines is 2. The second-order valence-electron chi connectivity index (χ2n) is 3.33. The summed E-state index contributed by atoms with van der Waals surface area (Å²) in [5, 5.41) is 3.02. The lowest BCUT2D eigenvalue weighted by molar-refractivity contribution is -0.737. The monoisotopic (exact) mass is 183 g/mol. The third kappa shape index (κ3) is 2.65. The zero-order valence-corrected chi connectivity index (χ0v) is 8.21. The van der Waals surface area contributed by atoms with Crippen molar-refractivity contribution < 1.29 is 4.68 Å². The zero-order chi connectivity index (χ0) is 9.68. The fraction of sp³-hybridized carbons (Fsp3) is 0.667. The second-order valence-corrected chi connectivity index (χ2v) is 3.33. The van der Waals surface area contributed by atoms with E-state index >= 15 is 0 Å². The topological polar surface area (TPSA) is 71.7 Å². The predicted octanol–water partition coefficient (Wildman–Crippen LogP) is 1.05. The molecule has 4 nitrogen and oxygen atoms in total. The first-order valence-corrected chi connectivity index (χ1v) is 4.88. The maximum absolute atomic E-state index is 5.72. The van der Waals surface area contributed by atoms with E-state index in [1.807, 2.05) is 4.68 Å². The molecular formula is C9H19N4+. The van der Waals surface area contributed by atoms with Gasteiger partial charge in [-0.25, -0.2) is 5.10 Å². The smallest absolute Gasteiger partial charge is 0.316 e. The first-order valence-electron chi connectivity index (χ1n) is 4.88. The molecule has 0 amide bonds. The molecule has 13 heavy (non-hydrogen) atoms. The maximum Gasteiger partial charge on any atom is 0.316 e. The van der Waals surface area contributed by atoms with E-state index < -0.39 is 0 Å². The number of aromatic nitrogens is 2. The Morgan fingerprint density at radius 1 is 1.31 bits per heavy atom. The van der Waals surface area contributed by atoms with Crippen LogP contribution in [0.4, 0.5) is 11.5 Å². The molecule has 1 rings (SSSR count). The van der Waals surface area contributed by atoms with Gasteiger partial charge in [-0.3, -0.25) is 5.73 Å². The normalized spacial score (nSPS) is 10.5. The summed E-state index contributed by atoms with van der Waals surface area (Å²) in [6.45, 7) is 3.14. The number of aromatic amines is 1. The number of nitrogens with zero attached hydrogens (tertiary/aromatic N) is 1. The molecule has 0 saturated heterocycles. The van der Waals surface area contributed by atoms with Crippen LogP contribution in [0.25, 0.3) is 0 Å². The van der Waals surface area contributed by atoms with Crippen LogP contribution in [0, 0.1) is 0 Å². The molecule has 0 aliphatic heterocycles. The van der Waals surface area contributed by atoms with Crippen LogP contribution in [0.3, 0.4) is 0 Å². The van der Waals surface area contributed by atoms with Crippen molar-refractivity contribution in [3.05, 3.63) is 6.20 Å². The summed E-state index contributed by atoms with van der Waals surface area (Å²) in [6.07, 6.45) is 6.68. The Hall–Kier alpha value is -1.19. The van der Waals surface area contributed by atoms with Crippen LogP contribution in [0.5, 0.6) is 0 Å². The van der Waals surface area contributed by atoms with Crippen molar-refractivity contribution in [1.29, 1.82) is 0 Å². The zero-order valence-electron chi connectivity index (χ0n) is 8.21. The van der Waals surface area contributed by atoms with Gasteiger partial charge in [-0.05, 0) is 12.8 Å². The van der Waals surface area contributed by atoms with Gasteiger partial charge in [-0.2, -0.15) is 4.68 Å². The highest BCUT2D eigenvalue weighted by atomic mass is 15.3. The van der Waals surface area contributed by atoms with Crippen molar-refractivity contribution in [1.82, 2.24) is 5.10 Å². The van der Waals surface area contributed by atoms with Gasteiger partial charge in [0.2, 0.25) is 0 Å². The van der Waals surface area contributed by atoms with E-state index in [4.69, 9.17) is 11.5 Å². The predicted molar refractivity (Wildman–Crippen MR) is 54.0 cm³/mol. The molecule has 0 unspecified atom stereocenters. The van der Waals surface area contributed by atoms with E-state index in [-0.39, 0.29) is 0 Å². The molecule has 5 N–H and O–H groups in total. The van der Waals surface area contributed by atoms with Gasteiger partial charge in [0.15, 0.2) is 0 Å². The van der Waals surface area contributed by atoms with Gasteiger partial charge in [0.05, 0.1) is 6.20 Å². The summed E-state index contributed by atoms with van der Waals surface area (Å²) in [7, 11) is 0. The number of aryl methyl sites for hydroxylation is 1. The summed E-state index contributed by atoms with van der Waals surface area (Å²) in [5.41, 5.74) is 12.0. The van der Waals surface area contributed by atoms with E-state index in [1.54, 1.807) is 6.20 Å². The first-order chi connectivity index (χ1) is 6.25. The molecule has 1 heterocycles.